The number of hydrogen-bond acceptors (Lipinski definition) is 3. The second-order valence-electron chi connectivity index (χ2n) is 8.75. The maximum absolute atomic E-state index is 14.7. The molecule has 0 bridgehead atoms. The van der Waals surface area contributed by atoms with E-state index in [-0.39, 0.29) is 24.3 Å². The first kappa shape index (κ1) is 29.3. The van der Waals surface area contributed by atoms with Crippen molar-refractivity contribution in [2.75, 3.05) is 16.4 Å². The summed E-state index contributed by atoms with van der Waals surface area (Å²) in [6, 6.07) is 6.82. The van der Waals surface area contributed by atoms with Crippen molar-refractivity contribution in [1.29, 1.82) is 0 Å². The standard InChI is InChI=1S/C26H33F6N3O/c1-2-3-4-5-6-7-8-9-19(27)22(28)25(36)35-21-15-14-20(23(29)24(21)33)34-16-17-10-12-18(13-11-17)26(30,31)32/h10-15,19,22,34H,2-9,16,33H2,1H3,(H,35,36)/t19-,22-/m1/s1. The summed E-state index contributed by atoms with van der Waals surface area (Å²) < 4.78 is 81.0. The summed E-state index contributed by atoms with van der Waals surface area (Å²) in [7, 11) is 0. The number of nitrogens with one attached hydrogen (secondary N) is 2. The van der Waals surface area contributed by atoms with Crippen molar-refractivity contribution >= 4 is 23.0 Å². The molecule has 0 saturated heterocycles. The van der Waals surface area contributed by atoms with Gasteiger partial charge in [0.1, 0.15) is 6.17 Å². The number of carbonyl (C=O) groups excluding carboxylic acids is 1. The van der Waals surface area contributed by atoms with E-state index in [0.717, 1.165) is 50.7 Å². The van der Waals surface area contributed by atoms with Crippen molar-refractivity contribution in [3.8, 4) is 0 Å². The number of nitrogen functional groups attached to an aromatic ring is 1. The maximum atomic E-state index is 14.7. The fourth-order valence-corrected chi connectivity index (χ4v) is 3.66. The predicted molar refractivity (Wildman–Crippen MR) is 131 cm³/mol. The lowest BCUT2D eigenvalue weighted by Crippen LogP contribution is -2.32. The molecule has 0 heterocycles. The van der Waals surface area contributed by atoms with Gasteiger partial charge in [-0.1, -0.05) is 64.0 Å². The van der Waals surface area contributed by atoms with Crippen molar-refractivity contribution < 1.29 is 31.1 Å². The van der Waals surface area contributed by atoms with E-state index in [1.54, 1.807) is 0 Å². The number of alkyl halides is 5. The third-order valence-electron chi connectivity index (χ3n) is 5.85. The first-order chi connectivity index (χ1) is 17.0. The fraction of sp³-hybridized carbons (Fsp3) is 0.500. The minimum atomic E-state index is -4.46. The summed E-state index contributed by atoms with van der Waals surface area (Å²) in [5.74, 6) is -2.18. The first-order valence-electron chi connectivity index (χ1n) is 12.1. The highest BCUT2D eigenvalue weighted by molar-refractivity contribution is 5.97. The average molecular weight is 518 g/mol. The lowest BCUT2D eigenvalue weighted by molar-refractivity contribution is -0.137. The summed E-state index contributed by atoms with van der Waals surface area (Å²) >= 11 is 0. The molecule has 0 aliphatic carbocycles. The Bertz CT molecular complexity index is 965. The Morgan fingerprint density at radius 3 is 2.11 bits per heavy atom. The van der Waals surface area contributed by atoms with Crippen molar-refractivity contribution in [2.24, 2.45) is 0 Å². The highest BCUT2D eigenvalue weighted by Crippen LogP contribution is 2.31. The summed E-state index contributed by atoms with van der Waals surface area (Å²) in [5, 5.41) is 4.84. The summed E-state index contributed by atoms with van der Waals surface area (Å²) in [4.78, 5) is 12.1. The molecule has 0 fully saturated rings. The Hall–Kier alpha value is -2.91. The average Bonchev–Trinajstić information content (AvgIpc) is 2.84. The normalized spacial score (nSPS) is 13.3. The van der Waals surface area contributed by atoms with E-state index in [1.165, 1.54) is 24.3 Å². The molecule has 10 heteroatoms. The Morgan fingerprint density at radius 2 is 1.50 bits per heavy atom. The minimum absolute atomic E-state index is 0.00882. The number of benzene rings is 2. The number of anilines is 3. The van der Waals surface area contributed by atoms with Crippen LogP contribution in [0.3, 0.4) is 0 Å². The molecule has 2 atom stereocenters. The van der Waals surface area contributed by atoms with Gasteiger partial charge in [0, 0.05) is 6.54 Å². The van der Waals surface area contributed by atoms with Gasteiger partial charge in [-0.25, -0.2) is 13.2 Å². The van der Waals surface area contributed by atoms with Crippen molar-refractivity contribution in [3.63, 3.8) is 0 Å². The Morgan fingerprint density at radius 1 is 0.917 bits per heavy atom. The highest BCUT2D eigenvalue weighted by atomic mass is 19.4. The SMILES string of the molecule is CCCCCCCCC[C@@H](F)[C@@H](F)C(=O)Nc1ccc(NCc2ccc(C(F)(F)F)cc2)c(F)c1N. The van der Waals surface area contributed by atoms with Crippen LogP contribution in [-0.4, -0.2) is 18.3 Å². The quantitative estimate of drug-likeness (QED) is 0.136. The van der Waals surface area contributed by atoms with Crippen LogP contribution < -0.4 is 16.4 Å². The maximum Gasteiger partial charge on any atom is 0.416 e. The Balaban J connectivity index is 1.87. The zero-order chi connectivity index (χ0) is 26.7. The van der Waals surface area contributed by atoms with Crippen LogP contribution >= 0.6 is 0 Å². The molecule has 200 valence electrons. The van der Waals surface area contributed by atoms with Crippen LogP contribution in [0.25, 0.3) is 0 Å². The van der Waals surface area contributed by atoms with Crippen LogP contribution in [0.4, 0.5) is 43.4 Å². The van der Waals surface area contributed by atoms with Gasteiger partial charge in [0.2, 0.25) is 6.17 Å². The molecule has 0 saturated carbocycles. The van der Waals surface area contributed by atoms with Gasteiger partial charge in [-0.2, -0.15) is 13.2 Å². The number of rotatable bonds is 14. The molecule has 0 unspecified atom stereocenters. The molecular formula is C26H33F6N3O. The van der Waals surface area contributed by atoms with Gasteiger partial charge in [-0.05, 0) is 36.2 Å². The molecule has 1 amide bonds. The van der Waals surface area contributed by atoms with Crippen LogP contribution in [0.5, 0.6) is 0 Å². The van der Waals surface area contributed by atoms with E-state index in [4.69, 9.17) is 5.73 Å². The van der Waals surface area contributed by atoms with Gasteiger partial charge in [-0.15, -0.1) is 0 Å². The molecule has 4 nitrogen and oxygen atoms in total. The third-order valence-corrected chi connectivity index (χ3v) is 5.85. The van der Waals surface area contributed by atoms with Crippen LogP contribution in [-0.2, 0) is 17.5 Å². The third kappa shape index (κ3) is 8.95. The predicted octanol–water partition coefficient (Wildman–Crippen LogP) is 7.79. The van der Waals surface area contributed by atoms with Gasteiger partial charge in [0.05, 0.1) is 22.6 Å². The second-order valence-corrected chi connectivity index (χ2v) is 8.75. The topological polar surface area (TPSA) is 67.2 Å². The molecule has 0 spiro atoms. The number of carbonyl (C=O) groups is 1. The molecule has 4 N–H and O–H groups in total. The number of amides is 1. The number of nitrogens with two attached hydrogens (primary N) is 1. The van der Waals surface area contributed by atoms with Crippen LogP contribution in [0.2, 0.25) is 0 Å². The summed E-state index contributed by atoms with van der Waals surface area (Å²) in [6.07, 6.45) is -2.32. The highest BCUT2D eigenvalue weighted by Gasteiger charge is 2.30. The monoisotopic (exact) mass is 517 g/mol. The number of unbranched alkanes of at least 4 members (excludes halogenated alkanes) is 6. The van der Waals surface area contributed by atoms with E-state index >= 15 is 0 Å². The van der Waals surface area contributed by atoms with Gasteiger partial charge >= 0.3 is 6.18 Å². The minimum Gasteiger partial charge on any atom is -0.395 e. The molecule has 0 aromatic heterocycles. The Labute approximate surface area is 207 Å². The first-order valence-corrected chi connectivity index (χ1v) is 12.1. The van der Waals surface area contributed by atoms with E-state index < -0.39 is 41.5 Å². The van der Waals surface area contributed by atoms with Gasteiger partial charge in [-0.3, -0.25) is 4.79 Å². The van der Waals surface area contributed by atoms with Crippen LogP contribution in [0, 0.1) is 5.82 Å². The molecule has 0 aliphatic rings. The van der Waals surface area contributed by atoms with Gasteiger partial charge < -0.3 is 16.4 Å². The zero-order valence-corrected chi connectivity index (χ0v) is 20.2. The van der Waals surface area contributed by atoms with Crippen molar-refractivity contribution in [2.45, 2.75) is 83.4 Å². The lowest BCUT2D eigenvalue weighted by Gasteiger charge is -2.16. The largest absolute Gasteiger partial charge is 0.416 e. The summed E-state index contributed by atoms with van der Waals surface area (Å²) in [6.45, 7) is 2.12. The summed E-state index contributed by atoms with van der Waals surface area (Å²) in [5.41, 5.74) is 4.64. The molecule has 2 aromatic carbocycles. The van der Waals surface area contributed by atoms with E-state index in [1.807, 2.05) is 0 Å². The van der Waals surface area contributed by atoms with Crippen molar-refractivity contribution in [1.82, 2.24) is 0 Å². The Kier molecular flexibility index (Phi) is 11.4. The van der Waals surface area contributed by atoms with Gasteiger partial charge in [0.15, 0.2) is 5.82 Å². The lowest BCUT2D eigenvalue weighted by atomic mass is 10.0. The van der Waals surface area contributed by atoms with Gasteiger partial charge in [0.25, 0.3) is 5.91 Å². The molecule has 0 aliphatic heterocycles. The number of hydrogen-bond donors (Lipinski definition) is 3. The second kappa shape index (κ2) is 14.0. The molecular weight excluding hydrogens is 484 g/mol. The van der Waals surface area contributed by atoms with E-state index in [0.29, 0.717) is 12.0 Å². The number of halogens is 6. The molecule has 2 rings (SSSR count). The molecule has 36 heavy (non-hydrogen) atoms. The molecule has 0 radical (unpaired) electrons. The van der Waals surface area contributed by atoms with E-state index in [9.17, 15) is 31.1 Å². The van der Waals surface area contributed by atoms with Crippen molar-refractivity contribution in [3.05, 3.63) is 53.3 Å². The fourth-order valence-electron chi connectivity index (χ4n) is 3.66. The van der Waals surface area contributed by atoms with E-state index in [2.05, 4.69) is 17.6 Å². The smallest absolute Gasteiger partial charge is 0.395 e. The zero-order valence-electron chi connectivity index (χ0n) is 20.2. The van der Waals surface area contributed by atoms with Crippen LogP contribution in [0.15, 0.2) is 36.4 Å². The molecule has 2 aromatic rings. The van der Waals surface area contributed by atoms with Crippen LogP contribution in [0.1, 0.15) is 69.4 Å².